The van der Waals surface area contributed by atoms with Gasteiger partial charge in [0.2, 0.25) is 0 Å². The van der Waals surface area contributed by atoms with Crippen LogP contribution in [0.25, 0.3) is 6.08 Å². The predicted octanol–water partition coefficient (Wildman–Crippen LogP) is 2.08. The van der Waals surface area contributed by atoms with Gasteiger partial charge >= 0.3 is 0 Å². The van der Waals surface area contributed by atoms with Crippen molar-refractivity contribution in [3.05, 3.63) is 40.9 Å². The van der Waals surface area contributed by atoms with E-state index in [2.05, 4.69) is 6.58 Å². The van der Waals surface area contributed by atoms with E-state index in [0.29, 0.717) is 16.1 Å². The number of benzene rings is 1. The molecule has 0 fully saturated rings. The molecular weight excluding hydrogens is 174 g/mol. The topological polar surface area (TPSA) is 43.1 Å². The standard InChI is InChI=1S/C9H8ClNO/c1-2-6-4-3-5-7(10)8(6)9(11)12/h2-5H,1H2,(H2,11,12). The molecule has 0 aliphatic carbocycles. The van der Waals surface area contributed by atoms with Gasteiger partial charge in [0.25, 0.3) is 5.91 Å². The van der Waals surface area contributed by atoms with Gasteiger partial charge in [0.05, 0.1) is 10.6 Å². The van der Waals surface area contributed by atoms with E-state index in [1.54, 1.807) is 24.3 Å². The van der Waals surface area contributed by atoms with Crippen LogP contribution in [0.5, 0.6) is 0 Å². The molecule has 0 radical (unpaired) electrons. The van der Waals surface area contributed by atoms with Gasteiger partial charge in [0, 0.05) is 0 Å². The molecule has 1 aromatic rings. The van der Waals surface area contributed by atoms with Crippen LogP contribution in [0.2, 0.25) is 5.02 Å². The van der Waals surface area contributed by atoms with Crippen LogP contribution in [0, 0.1) is 0 Å². The summed E-state index contributed by atoms with van der Waals surface area (Å²) in [5.41, 5.74) is 6.11. The molecule has 0 bridgehead atoms. The van der Waals surface area contributed by atoms with Crippen molar-refractivity contribution >= 4 is 23.6 Å². The molecule has 0 spiro atoms. The van der Waals surface area contributed by atoms with E-state index in [9.17, 15) is 4.79 Å². The molecule has 1 amide bonds. The van der Waals surface area contributed by atoms with Crippen LogP contribution in [0.1, 0.15) is 15.9 Å². The fraction of sp³-hybridized carbons (Fsp3) is 0. The maximum Gasteiger partial charge on any atom is 0.250 e. The Labute approximate surface area is 75.6 Å². The minimum absolute atomic E-state index is 0.328. The Morgan fingerprint density at radius 1 is 1.58 bits per heavy atom. The van der Waals surface area contributed by atoms with Crippen LogP contribution in [-0.2, 0) is 0 Å². The van der Waals surface area contributed by atoms with Crippen molar-refractivity contribution in [2.75, 3.05) is 0 Å². The van der Waals surface area contributed by atoms with E-state index in [4.69, 9.17) is 17.3 Å². The second-order valence-electron chi connectivity index (χ2n) is 2.27. The first kappa shape index (κ1) is 8.81. The predicted molar refractivity (Wildman–Crippen MR) is 50.1 cm³/mol. The average Bonchev–Trinajstić information content (AvgIpc) is 2.03. The fourth-order valence-electron chi connectivity index (χ4n) is 0.971. The van der Waals surface area contributed by atoms with E-state index in [1.165, 1.54) is 0 Å². The first-order chi connectivity index (χ1) is 5.66. The lowest BCUT2D eigenvalue weighted by molar-refractivity contribution is 0.100. The Kier molecular flexibility index (Phi) is 2.51. The minimum atomic E-state index is -0.532. The minimum Gasteiger partial charge on any atom is -0.366 e. The van der Waals surface area contributed by atoms with E-state index in [-0.39, 0.29) is 0 Å². The van der Waals surface area contributed by atoms with Crippen LogP contribution in [0.3, 0.4) is 0 Å². The number of nitrogens with two attached hydrogens (primary N) is 1. The quantitative estimate of drug-likeness (QED) is 0.746. The fourth-order valence-corrected chi connectivity index (χ4v) is 1.25. The number of hydrogen-bond acceptors (Lipinski definition) is 1. The molecule has 0 aliphatic rings. The van der Waals surface area contributed by atoms with Crippen molar-refractivity contribution in [2.45, 2.75) is 0 Å². The molecule has 0 unspecified atom stereocenters. The van der Waals surface area contributed by atoms with Gasteiger partial charge in [0.15, 0.2) is 0 Å². The van der Waals surface area contributed by atoms with E-state index < -0.39 is 5.91 Å². The summed E-state index contributed by atoms with van der Waals surface area (Å²) in [6.07, 6.45) is 1.55. The highest BCUT2D eigenvalue weighted by atomic mass is 35.5. The molecule has 0 saturated carbocycles. The summed E-state index contributed by atoms with van der Waals surface area (Å²) in [6.45, 7) is 3.55. The average molecular weight is 182 g/mol. The van der Waals surface area contributed by atoms with Gasteiger partial charge in [-0.1, -0.05) is 36.4 Å². The molecule has 0 atom stereocenters. The summed E-state index contributed by atoms with van der Waals surface area (Å²) in [5, 5.41) is 0.361. The lowest BCUT2D eigenvalue weighted by Gasteiger charge is -2.02. The Bertz CT molecular complexity index is 333. The first-order valence-corrected chi connectivity index (χ1v) is 3.75. The summed E-state index contributed by atoms with van der Waals surface area (Å²) in [5.74, 6) is -0.532. The molecule has 12 heavy (non-hydrogen) atoms. The molecule has 0 aromatic heterocycles. The summed E-state index contributed by atoms with van der Waals surface area (Å²) in [7, 11) is 0. The largest absolute Gasteiger partial charge is 0.366 e. The van der Waals surface area contributed by atoms with Crippen LogP contribution in [0.4, 0.5) is 0 Å². The van der Waals surface area contributed by atoms with E-state index >= 15 is 0 Å². The number of carbonyl (C=O) groups is 1. The second kappa shape index (κ2) is 3.41. The van der Waals surface area contributed by atoms with Gasteiger partial charge in [-0.05, 0) is 11.6 Å². The monoisotopic (exact) mass is 181 g/mol. The smallest absolute Gasteiger partial charge is 0.250 e. The van der Waals surface area contributed by atoms with Gasteiger partial charge in [-0.15, -0.1) is 0 Å². The number of halogens is 1. The number of primary amides is 1. The highest BCUT2D eigenvalue weighted by Crippen LogP contribution is 2.19. The third kappa shape index (κ3) is 1.48. The third-order valence-electron chi connectivity index (χ3n) is 1.51. The van der Waals surface area contributed by atoms with Crippen molar-refractivity contribution in [3.8, 4) is 0 Å². The zero-order valence-corrected chi connectivity index (χ0v) is 7.14. The molecule has 62 valence electrons. The summed E-state index contributed by atoms with van der Waals surface area (Å²) < 4.78 is 0. The van der Waals surface area contributed by atoms with Crippen LogP contribution in [-0.4, -0.2) is 5.91 Å². The molecular formula is C9H8ClNO. The Morgan fingerprint density at radius 2 is 2.25 bits per heavy atom. The Hall–Kier alpha value is -1.28. The van der Waals surface area contributed by atoms with E-state index in [0.717, 1.165) is 0 Å². The maximum absolute atomic E-state index is 10.9. The summed E-state index contributed by atoms with van der Waals surface area (Å²) in [4.78, 5) is 10.9. The van der Waals surface area contributed by atoms with E-state index in [1.807, 2.05) is 0 Å². The zero-order chi connectivity index (χ0) is 9.14. The lowest BCUT2D eigenvalue weighted by atomic mass is 10.1. The van der Waals surface area contributed by atoms with Crippen molar-refractivity contribution < 1.29 is 4.79 Å². The van der Waals surface area contributed by atoms with Crippen molar-refractivity contribution in [1.29, 1.82) is 0 Å². The van der Waals surface area contributed by atoms with Gasteiger partial charge in [-0.25, -0.2) is 0 Å². The molecule has 2 nitrogen and oxygen atoms in total. The molecule has 3 heteroatoms. The van der Waals surface area contributed by atoms with Gasteiger partial charge in [-0.2, -0.15) is 0 Å². The van der Waals surface area contributed by atoms with Crippen molar-refractivity contribution in [1.82, 2.24) is 0 Å². The maximum atomic E-state index is 10.9. The van der Waals surface area contributed by atoms with Crippen molar-refractivity contribution in [2.24, 2.45) is 5.73 Å². The molecule has 0 heterocycles. The van der Waals surface area contributed by atoms with Crippen molar-refractivity contribution in [3.63, 3.8) is 0 Å². The molecule has 1 rings (SSSR count). The number of carbonyl (C=O) groups excluding carboxylic acids is 1. The van der Waals surface area contributed by atoms with Gasteiger partial charge in [0.1, 0.15) is 0 Å². The Morgan fingerprint density at radius 3 is 2.67 bits per heavy atom. The molecule has 1 aromatic carbocycles. The molecule has 0 aliphatic heterocycles. The summed E-state index contributed by atoms with van der Waals surface area (Å²) in [6, 6.07) is 5.10. The number of hydrogen-bond donors (Lipinski definition) is 1. The SMILES string of the molecule is C=Cc1cccc(Cl)c1C(N)=O. The summed E-state index contributed by atoms with van der Waals surface area (Å²) >= 11 is 5.75. The highest BCUT2D eigenvalue weighted by Gasteiger charge is 2.09. The first-order valence-electron chi connectivity index (χ1n) is 3.37. The molecule has 2 N–H and O–H groups in total. The lowest BCUT2D eigenvalue weighted by Crippen LogP contribution is -2.13. The number of rotatable bonds is 2. The van der Waals surface area contributed by atoms with Crippen LogP contribution >= 0.6 is 11.6 Å². The van der Waals surface area contributed by atoms with Crippen LogP contribution in [0.15, 0.2) is 24.8 Å². The normalized spacial score (nSPS) is 9.42. The Balaban J connectivity index is 3.39. The third-order valence-corrected chi connectivity index (χ3v) is 1.83. The highest BCUT2D eigenvalue weighted by molar-refractivity contribution is 6.34. The number of amides is 1. The molecule has 0 saturated heterocycles. The van der Waals surface area contributed by atoms with Gasteiger partial charge in [-0.3, -0.25) is 4.79 Å². The van der Waals surface area contributed by atoms with Crippen LogP contribution < -0.4 is 5.73 Å². The second-order valence-corrected chi connectivity index (χ2v) is 2.68. The van der Waals surface area contributed by atoms with Gasteiger partial charge < -0.3 is 5.73 Å². The zero-order valence-electron chi connectivity index (χ0n) is 6.38.